The van der Waals surface area contributed by atoms with E-state index in [2.05, 4.69) is 40.9 Å². The van der Waals surface area contributed by atoms with E-state index in [9.17, 15) is 0 Å². The standard InChI is InChI=1S/C11H22N4OS/c1-5-12-9(3)10-14-15-11(16-10)13-6-8(2)7-17-4/h8-9,12H,5-7H2,1-4H3,(H,13,15). The Labute approximate surface area is 107 Å². The molecule has 1 aromatic heterocycles. The first-order valence-corrected chi connectivity index (χ1v) is 7.36. The zero-order valence-electron chi connectivity index (χ0n) is 11.0. The molecular weight excluding hydrogens is 236 g/mol. The molecule has 0 aliphatic rings. The van der Waals surface area contributed by atoms with Crippen LogP contribution >= 0.6 is 11.8 Å². The van der Waals surface area contributed by atoms with Crippen molar-refractivity contribution in [2.24, 2.45) is 5.92 Å². The monoisotopic (exact) mass is 258 g/mol. The predicted molar refractivity (Wildman–Crippen MR) is 72.4 cm³/mol. The largest absolute Gasteiger partial charge is 0.406 e. The van der Waals surface area contributed by atoms with E-state index in [1.807, 2.05) is 18.7 Å². The molecule has 0 aliphatic heterocycles. The normalized spacial score (nSPS) is 14.6. The Hall–Kier alpha value is -0.750. The summed E-state index contributed by atoms with van der Waals surface area (Å²) in [4.78, 5) is 0. The van der Waals surface area contributed by atoms with Gasteiger partial charge >= 0.3 is 6.01 Å². The van der Waals surface area contributed by atoms with Crippen molar-refractivity contribution >= 4 is 17.8 Å². The molecule has 0 aromatic carbocycles. The number of hydrogen-bond acceptors (Lipinski definition) is 6. The average Bonchev–Trinajstić information content (AvgIpc) is 2.76. The van der Waals surface area contributed by atoms with Crippen LogP contribution in [0.1, 0.15) is 32.7 Å². The minimum Gasteiger partial charge on any atom is -0.406 e. The van der Waals surface area contributed by atoms with E-state index in [0.717, 1.165) is 18.8 Å². The average molecular weight is 258 g/mol. The third-order valence-electron chi connectivity index (χ3n) is 2.37. The van der Waals surface area contributed by atoms with Gasteiger partial charge in [0.05, 0.1) is 6.04 Å². The molecule has 1 aromatic rings. The fourth-order valence-corrected chi connectivity index (χ4v) is 2.17. The van der Waals surface area contributed by atoms with Crippen LogP contribution in [-0.2, 0) is 0 Å². The van der Waals surface area contributed by atoms with Gasteiger partial charge in [-0.3, -0.25) is 0 Å². The molecule has 0 amide bonds. The molecule has 6 heteroatoms. The molecule has 2 atom stereocenters. The molecule has 0 fully saturated rings. The van der Waals surface area contributed by atoms with Crippen molar-refractivity contribution in [1.82, 2.24) is 15.5 Å². The smallest absolute Gasteiger partial charge is 0.315 e. The zero-order chi connectivity index (χ0) is 12.7. The van der Waals surface area contributed by atoms with Gasteiger partial charge in [-0.25, -0.2) is 0 Å². The second-order valence-electron chi connectivity index (χ2n) is 4.17. The van der Waals surface area contributed by atoms with E-state index in [0.29, 0.717) is 17.8 Å². The maximum Gasteiger partial charge on any atom is 0.315 e. The molecule has 0 radical (unpaired) electrons. The van der Waals surface area contributed by atoms with E-state index < -0.39 is 0 Å². The summed E-state index contributed by atoms with van der Waals surface area (Å²) < 4.78 is 5.52. The van der Waals surface area contributed by atoms with Crippen LogP contribution in [0, 0.1) is 5.92 Å². The van der Waals surface area contributed by atoms with Gasteiger partial charge in [-0.1, -0.05) is 18.9 Å². The first-order chi connectivity index (χ1) is 8.17. The summed E-state index contributed by atoms with van der Waals surface area (Å²) >= 11 is 1.84. The Kier molecular flexibility index (Phi) is 6.36. The summed E-state index contributed by atoms with van der Waals surface area (Å²) in [5.41, 5.74) is 0. The van der Waals surface area contributed by atoms with Crippen LogP contribution in [0.5, 0.6) is 0 Å². The highest BCUT2D eigenvalue weighted by Gasteiger charge is 2.12. The first kappa shape index (κ1) is 14.3. The molecular formula is C11H22N4OS. The van der Waals surface area contributed by atoms with Gasteiger partial charge in [0.2, 0.25) is 5.89 Å². The van der Waals surface area contributed by atoms with Crippen LogP contribution in [0.4, 0.5) is 6.01 Å². The highest BCUT2D eigenvalue weighted by molar-refractivity contribution is 7.98. The molecule has 0 saturated carbocycles. The Morgan fingerprint density at radius 1 is 1.35 bits per heavy atom. The fraction of sp³-hybridized carbons (Fsp3) is 0.818. The van der Waals surface area contributed by atoms with Crippen molar-refractivity contribution in [2.45, 2.75) is 26.8 Å². The SMILES string of the molecule is CCNC(C)c1nnc(NCC(C)CSC)o1. The van der Waals surface area contributed by atoms with E-state index >= 15 is 0 Å². The van der Waals surface area contributed by atoms with Crippen molar-refractivity contribution in [1.29, 1.82) is 0 Å². The number of thioether (sulfide) groups is 1. The topological polar surface area (TPSA) is 63.0 Å². The summed E-state index contributed by atoms with van der Waals surface area (Å²) in [6.45, 7) is 8.00. The maximum atomic E-state index is 5.52. The van der Waals surface area contributed by atoms with Gasteiger partial charge in [0, 0.05) is 6.54 Å². The molecule has 0 spiro atoms. The fourth-order valence-electron chi connectivity index (χ4n) is 1.48. The molecule has 98 valence electrons. The lowest BCUT2D eigenvalue weighted by Crippen LogP contribution is -2.17. The van der Waals surface area contributed by atoms with Crippen LogP contribution in [0.15, 0.2) is 4.42 Å². The van der Waals surface area contributed by atoms with E-state index in [-0.39, 0.29) is 6.04 Å². The Bertz CT molecular complexity index is 318. The molecule has 5 nitrogen and oxygen atoms in total. The Morgan fingerprint density at radius 2 is 2.12 bits per heavy atom. The van der Waals surface area contributed by atoms with Gasteiger partial charge in [0.1, 0.15) is 0 Å². The summed E-state index contributed by atoms with van der Waals surface area (Å²) in [5.74, 6) is 2.35. The van der Waals surface area contributed by atoms with E-state index in [4.69, 9.17) is 4.42 Å². The van der Waals surface area contributed by atoms with Crippen molar-refractivity contribution in [3.8, 4) is 0 Å². The van der Waals surface area contributed by atoms with E-state index in [1.54, 1.807) is 0 Å². The predicted octanol–water partition coefficient (Wildman–Crippen LogP) is 2.15. The number of anilines is 1. The summed E-state index contributed by atoms with van der Waals surface area (Å²) in [5, 5.41) is 14.4. The highest BCUT2D eigenvalue weighted by Crippen LogP contribution is 2.14. The lowest BCUT2D eigenvalue weighted by molar-refractivity contribution is 0.427. The van der Waals surface area contributed by atoms with Gasteiger partial charge in [0.15, 0.2) is 0 Å². The number of rotatable bonds is 8. The third-order valence-corrected chi connectivity index (χ3v) is 3.28. The molecule has 1 heterocycles. The van der Waals surface area contributed by atoms with Crippen molar-refractivity contribution in [3.05, 3.63) is 5.89 Å². The van der Waals surface area contributed by atoms with Gasteiger partial charge in [-0.2, -0.15) is 11.8 Å². The molecule has 2 unspecified atom stereocenters. The summed E-state index contributed by atoms with van der Waals surface area (Å²) in [6.07, 6.45) is 2.11. The van der Waals surface area contributed by atoms with Gasteiger partial charge in [0.25, 0.3) is 0 Å². The first-order valence-electron chi connectivity index (χ1n) is 5.97. The van der Waals surface area contributed by atoms with Gasteiger partial charge < -0.3 is 15.1 Å². The van der Waals surface area contributed by atoms with Gasteiger partial charge in [-0.15, -0.1) is 5.10 Å². The Morgan fingerprint density at radius 3 is 2.76 bits per heavy atom. The van der Waals surface area contributed by atoms with Crippen LogP contribution in [-0.4, -0.2) is 35.3 Å². The molecule has 2 N–H and O–H groups in total. The third kappa shape index (κ3) is 4.95. The zero-order valence-corrected chi connectivity index (χ0v) is 11.8. The molecule has 0 aliphatic carbocycles. The van der Waals surface area contributed by atoms with E-state index in [1.165, 1.54) is 0 Å². The van der Waals surface area contributed by atoms with Crippen LogP contribution in [0.3, 0.4) is 0 Å². The maximum absolute atomic E-state index is 5.52. The number of nitrogens with zero attached hydrogens (tertiary/aromatic N) is 2. The van der Waals surface area contributed by atoms with Crippen LogP contribution in [0.2, 0.25) is 0 Å². The van der Waals surface area contributed by atoms with Crippen molar-refractivity contribution in [2.75, 3.05) is 30.4 Å². The number of aromatic nitrogens is 2. The second kappa shape index (κ2) is 7.55. The molecule has 0 saturated heterocycles. The summed E-state index contributed by atoms with van der Waals surface area (Å²) in [6, 6.07) is 0.615. The minimum atomic E-state index is 0.103. The van der Waals surface area contributed by atoms with Crippen molar-refractivity contribution in [3.63, 3.8) is 0 Å². The Balaban J connectivity index is 2.40. The highest BCUT2D eigenvalue weighted by atomic mass is 32.2. The lowest BCUT2D eigenvalue weighted by Gasteiger charge is -2.09. The van der Waals surface area contributed by atoms with Crippen molar-refractivity contribution < 1.29 is 4.42 Å². The molecule has 1 rings (SSSR count). The van der Waals surface area contributed by atoms with Crippen LogP contribution < -0.4 is 10.6 Å². The minimum absolute atomic E-state index is 0.103. The molecule has 17 heavy (non-hydrogen) atoms. The van der Waals surface area contributed by atoms with Crippen LogP contribution in [0.25, 0.3) is 0 Å². The number of hydrogen-bond donors (Lipinski definition) is 2. The molecule has 0 bridgehead atoms. The second-order valence-corrected chi connectivity index (χ2v) is 5.08. The summed E-state index contributed by atoms with van der Waals surface area (Å²) in [7, 11) is 0. The lowest BCUT2D eigenvalue weighted by atomic mass is 10.2. The quantitative estimate of drug-likeness (QED) is 0.745. The van der Waals surface area contributed by atoms with Gasteiger partial charge in [-0.05, 0) is 31.4 Å². The number of nitrogens with one attached hydrogen (secondary N) is 2.